The number of carbonyl (C=O) groups is 1. The number of anilines is 2. The van der Waals surface area contributed by atoms with Crippen LogP contribution in [0.2, 0.25) is 0 Å². The Hall–Kier alpha value is -3.81. The molecule has 8 heteroatoms. The number of hydrogen-bond donors (Lipinski definition) is 2. The molecular formula is C21H20N4O4. The summed E-state index contributed by atoms with van der Waals surface area (Å²) in [5, 5.41) is 5.97. The Balaban J connectivity index is 1.47. The lowest BCUT2D eigenvalue weighted by Crippen LogP contribution is -2.24. The third-order valence-electron chi connectivity index (χ3n) is 4.33. The zero-order chi connectivity index (χ0) is 20.2. The second-order valence-corrected chi connectivity index (χ2v) is 6.41. The molecule has 0 bridgehead atoms. The molecular weight excluding hydrogens is 372 g/mol. The lowest BCUT2D eigenvalue weighted by molar-refractivity contribution is 0.0945. The van der Waals surface area contributed by atoms with Crippen molar-refractivity contribution in [3.05, 3.63) is 65.5 Å². The van der Waals surface area contributed by atoms with Crippen LogP contribution in [0.1, 0.15) is 21.7 Å². The fraction of sp³-hybridized carbons (Fsp3) is 0.190. The van der Waals surface area contributed by atoms with Gasteiger partial charge in [-0.25, -0.2) is 9.97 Å². The first-order chi connectivity index (χ1) is 14.1. The van der Waals surface area contributed by atoms with Gasteiger partial charge in [-0.05, 0) is 42.8 Å². The van der Waals surface area contributed by atoms with Crippen LogP contribution in [0, 0.1) is 6.92 Å². The molecule has 0 fully saturated rings. The highest BCUT2D eigenvalue weighted by Crippen LogP contribution is 2.32. The number of nitrogens with one attached hydrogen (secondary N) is 2. The maximum atomic E-state index is 12.6. The van der Waals surface area contributed by atoms with E-state index >= 15 is 0 Å². The molecule has 2 aromatic carbocycles. The van der Waals surface area contributed by atoms with E-state index in [0.29, 0.717) is 41.1 Å². The van der Waals surface area contributed by atoms with E-state index in [-0.39, 0.29) is 18.4 Å². The van der Waals surface area contributed by atoms with Crippen molar-refractivity contribution in [3.63, 3.8) is 0 Å². The molecule has 8 nitrogen and oxygen atoms in total. The van der Waals surface area contributed by atoms with Gasteiger partial charge in [-0.1, -0.05) is 18.2 Å². The van der Waals surface area contributed by atoms with Crippen molar-refractivity contribution >= 4 is 17.5 Å². The summed E-state index contributed by atoms with van der Waals surface area (Å²) in [6.07, 6.45) is 0. The minimum atomic E-state index is -0.295. The number of fused-ring (bicyclic) bond motifs is 1. The molecule has 2 heterocycles. The number of carbonyl (C=O) groups excluding carboxylic acids is 1. The van der Waals surface area contributed by atoms with Crippen molar-refractivity contribution in [1.82, 2.24) is 15.3 Å². The first kappa shape index (κ1) is 18.5. The predicted octanol–water partition coefficient (Wildman–Crippen LogP) is 3.20. The number of ether oxygens (including phenoxy) is 3. The molecule has 0 aliphatic carbocycles. The molecule has 1 aliphatic heterocycles. The Kier molecular flexibility index (Phi) is 5.15. The monoisotopic (exact) mass is 392 g/mol. The number of aromatic nitrogens is 2. The molecule has 1 aliphatic rings. The second kappa shape index (κ2) is 8.05. The van der Waals surface area contributed by atoms with E-state index in [9.17, 15) is 4.79 Å². The largest absolute Gasteiger partial charge is 0.495 e. The van der Waals surface area contributed by atoms with Crippen molar-refractivity contribution in [2.24, 2.45) is 0 Å². The lowest BCUT2D eigenvalue weighted by atomic mass is 10.2. The number of nitrogens with zero attached hydrogens (tertiary/aromatic N) is 2. The molecule has 0 spiro atoms. The van der Waals surface area contributed by atoms with Gasteiger partial charge in [0.2, 0.25) is 12.7 Å². The highest BCUT2D eigenvalue weighted by molar-refractivity contribution is 5.92. The SMILES string of the molecule is COc1ccccc1Nc1nc(C)cc(C(=O)NCc2ccc3c(c2)OCO3)n1. The molecule has 1 amide bonds. The van der Waals surface area contributed by atoms with Crippen molar-refractivity contribution in [2.75, 3.05) is 19.2 Å². The molecule has 4 rings (SSSR count). The quantitative estimate of drug-likeness (QED) is 0.665. The number of methoxy groups -OCH3 is 1. The van der Waals surface area contributed by atoms with E-state index in [2.05, 4.69) is 20.6 Å². The Morgan fingerprint density at radius 1 is 1.10 bits per heavy atom. The third kappa shape index (κ3) is 4.21. The molecule has 0 radical (unpaired) electrons. The van der Waals surface area contributed by atoms with Gasteiger partial charge in [-0.15, -0.1) is 0 Å². The van der Waals surface area contributed by atoms with Gasteiger partial charge in [-0.2, -0.15) is 0 Å². The fourth-order valence-electron chi connectivity index (χ4n) is 2.93. The van der Waals surface area contributed by atoms with Gasteiger partial charge in [-0.3, -0.25) is 4.79 Å². The number of benzene rings is 2. The normalized spacial score (nSPS) is 11.8. The van der Waals surface area contributed by atoms with Gasteiger partial charge < -0.3 is 24.8 Å². The Morgan fingerprint density at radius 3 is 2.79 bits per heavy atom. The van der Waals surface area contributed by atoms with Gasteiger partial charge >= 0.3 is 0 Å². The fourth-order valence-corrected chi connectivity index (χ4v) is 2.93. The second-order valence-electron chi connectivity index (χ2n) is 6.41. The van der Waals surface area contributed by atoms with E-state index in [1.807, 2.05) is 49.4 Å². The van der Waals surface area contributed by atoms with E-state index < -0.39 is 0 Å². The van der Waals surface area contributed by atoms with Crippen molar-refractivity contribution in [1.29, 1.82) is 0 Å². The van der Waals surface area contributed by atoms with Gasteiger partial charge in [0, 0.05) is 12.2 Å². The topological polar surface area (TPSA) is 94.6 Å². The highest BCUT2D eigenvalue weighted by atomic mass is 16.7. The van der Waals surface area contributed by atoms with Gasteiger partial charge in [0.05, 0.1) is 12.8 Å². The maximum absolute atomic E-state index is 12.6. The van der Waals surface area contributed by atoms with Crippen LogP contribution in [-0.4, -0.2) is 29.8 Å². The van der Waals surface area contributed by atoms with Crippen LogP contribution < -0.4 is 24.8 Å². The number of rotatable bonds is 6. The van der Waals surface area contributed by atoms with E-state index in [0.717, 1.165) is 5.56 Å². The summed E-state index contributed by atoms with van der Waals surface area (Å²) in [6, 6.07) is 14.6. The summed E-state index contributed by atoms with van der Waals surface area (Å²) in [5.74, 6) is 2.07. The summed E-state index contributed by atoms with van der Waals surface area (Å²) < 4.78 is 16.0. The summed E-state index contributed by atoms with van der Waals surface area (Å²) >= 11 is 0. The van der Waals surface area contributed by atoms with E-state index in [1.54, 1.807) is 13.2 Å². The van der Waals surface area contributed by atoms with Gasteiger partial charge in [0.15, 0.2) is 11.5 Å². The van der Waals surface area contributed by atoms with Crippen LogP contribution in [0.15, 0.2) is 48.5 Å². The Labute approximate surface area is 167 Å². The molecule has 29 heavy (non-hydrogen) atoms. The first-order valence-corrected chi connectivity index (χ1v) is 9.05. The number of amides is 1. The van der Waals surface area contributed by atoms with Crippen LogP contribution in [-0.2, 0) is 6.54 Å². The molecule has 0 atom stereocenters. The predicted molar refractivity (Wildman–Crippen MR) is 107 cm³/mol. The average Bonchev–Trinajstić information content (AvgIpc) is 3.20. The molecule has 0 unspecified atom stereocenters. The van der Waals surface area contributed by atoms with Crippen LogP contribution in [0.5, 0.6) is 17.2 Å². The van der Waals surface area contributed by atoms with Crippen LogP contribution in [0.4, 0.5) is 11.6 Å². The Morgan fingerprint density at radius 2 is 1.93 bits per heavy atom. The maximum Gasteiger partial charge on any atom is 0.270 e. The molecule has 1 aromatic heterocycles. The van der Waals surface area contributed by atoms with E-state index in [1.165, 1.54) is 0 Å². The molecule has 2 N–H and O–H groups in total. The minimum absolute atomic E-state index is 0.216. The van der Waals surface area contributed by atoms with E-state index in [4.69, 9.17) is 14.2 Å². The lowest BCUT2D eigenvalue weighted by Gasteiger charge is -2.11. The number of hydrogen-bond acceptors (Lipinski definition) is 7. The van der Waals surface area contributed by atoms with Crippen molar-refractivity contribution in [3.8, 4) is 17.2 Å². The number of aryl methyl sites for hydroxylation is 1. The highest BCUT2D eigenvalue weighted by Gasteiger charge is 2.15. The third-order valence-corrected chi connectivity index (χ3v) is 4.33. The summed E-state index contributed by atoms with van der Waals surface area (Å²) in [5.41, 5.74) is 2.56. The van der Waals surface area contributed by atoms with Crippen molar-refractivity contribution < 1.29 is 19.0 Å². The first-order valence-electron chi connectivity index (χ1n) is 9.05. The molecule has 3 aromatic rings. The van der Waals surface area contributed by atoms with Gasteiger partial charge in [0.25, 0.3) is 5.91 Å². The standard InChI is InChI=1S/C21H20N4O4/c1-13-9-16(25-21(23-13)24-15-5-3-4-6-17(15)27-2)20(26)22-11-14-7-8-18-19(10-14)29-12-28-18/h3-10H,11-12H2,1-2H3,(H,22,26)(H,23,24,25). The Bertz CT molecular complexity index is 1050. The smallest absolute Gasteiger partial charge is 0.270 e. The van der Waals surface area contributed by atoms with Crippen LogP contribution >= 0.6 is 0 Å². The summed E-state index contributed by atoms with van der Waals surface area (Å²) in [4.78, 5) is 21.3. The molecule has 0 saturated heterocycles. The average molecular weight is 392 g/mol. The summed E-state index contributed by atoms with van der Waals surface area (Å²) in [7, 11) is 1.59. The van der Waals surface area contributed by atoms with Crippen LogP contribution in [0.25, 0.3) is 0 Å². The zero-order valence-corrected chi connectivity index (χ0v) is 16.1. The molecule has 0 saturated carbocycles. The van der Waals surface area contributed by atoms with Crippen LogP contribution in [0.3, 0.4) is 0 Å². The minimum Gasteiger partial charge on any atom is -0.495 e. The summed E-state index contributed by atoms with van der Waals surface area (Å²) in [6.45, 7) is 2.37. The number of para-hydroxylation sites is 2. The molecule has 148 valence electrons. The van der Waals surface area contributed by atoms with Crippen molar-refractivity contribution in [2.45, 2.75) is 13.5 Å². The van der Waals surface area contributed by atoms with Gasteiger partial charge in [0.1, 0.15) is 11.4 Å². The zero-order valence-electron chi connectivity index (χ0n) is 16.1.